The molecule has 0 bridgehead atoms. The fourth-order valence-electron chi connectivity index (χ4n) is 3.35. The molecule has 0 unspecified atom stereocenters. The van der Waals surface area contributed by atoms with Gasteiger partial charge in [0.05, 0.1) is 0 Å². The van der Waals surface area contributed by atoms with Crippen LogP contribution in [-0.2, 0) is 11.2 Å². The van der Waals surface area contributed by atoms with Crippen LogP contribution in [0.5, 0.6) is 0 Å². The minimum atomic E-state index is -0.147. The lowest BCUT2D eigenvalue weighted by molar-refractivity contribution is -0.130. The molecule has 25 heavy (non-hydrogen) atoms. The van der Waals surface area contributed by atoms with Crippen molar-refractivity contribution >= 4 is 22.7 Å². The van der Waals surface area contributed by atoms with Gasteiger partial charge in [0.15, 0.2) is 0 Å². The van der Waals surface area contributed by atoms with Crippen molar-refractivity contribution in [2.45, 2.75) is 19.8 Å². The molecule has 1 fully saturated rings. The maximum atomic E-state index is 12.4. The number of carbonyl (C=O) groups is 2. The van der Waals surface area contributed by atoms with E-state index >= 15 is 0 Å². The summed E-state index contributed by atoms with van der Waals surface area (Å²) >= 11 is 0. The molecule has 1 aliphatic heterocycles. The summed E-state index contributed by atoms with van der Waals surface area (Å²) in [7, 11) is 0. The summed E-state index contributed by atoms with van der Waals surface area (Å²) in [6, 6.07) is 14.4. The Morgan fingerprint density at radius 2 is 1.92 bits per heavy atom. The number of hydrogen-bond donors (Lipinski definition) is 1. The van der Waals surface area contributed by atoms with E-state index in [-0.39, 0.29) is 18.5 Å². The minimum Gasteiger partial charge on any atom is -0.341 e. The maximum absolute atomic E-state index is 12.4. The zero-order valence-corrected chi connectivity index (χ0v) is 14.7. The largest absolute Gasteiger partial charge is 0.341 e. The van der Waals surface area contributed by atoms with Crippen molar-refractivity contribution < 1.29 is 9.59 Å². The van der Waals surface area contributed by atoms with Crippen LogP contribution < -0.4 is 5.32 Å². The molecule has 3 amide bonds. The number of amides is 3. The monoisotopic (exact) mass is 339 g/mol. The second-order valence-electron chi connectivity index (χ2n) is 6.37. The Bertz CT molecular complexity index is 754. The molecule has 2 aromatic rings. The van der Waals surface area contributed by atoms with Gasteiger partial charge in [-0.2, -0.15) is 0 Å². The molecular formula is C20H25N3O2. The minimum absolute atomic E-state index is 0.0317. The maximum Gasteiger partial charge on any atom is 0.317 e. The Morgan fingerprint density at radius 3 is 2.76 bits per heavy atom. The number of urea groups is 1. The summed E-state index contributed by atoms with van der Waals surface area (Å²) in [4.78, 5) is 27.9. The SMILES string of the molecule is CCN1CCCN(C(=O)NCCc2cccc3ccccc23)CC1=O. The van der Waals surface area contributed by atoms with Crippen LogP contribution in [0.2, 0.25) is 0 Å². The van der Waals surface area contributed by atoms with Crippen LogP contribution in [0.1, 0.15) is 18.9 Å². The molecule has 2 aromatic carbocycles. The van der Waals surface area contributed by atoms with Crippen LogP contribution in [0.4, 0.5) is 4.79 Å². The van der Waals surface area contributed by atoms with E-state index in [0.29, 0.717) is 19.6 Å². The highest BCUT2D eigenvalue weighted by Crippen LogP contribution is 2.18. The van der Waals surface area contributed by atoms with Gasteiger partial charge in [-0.15, -0.1) is 0 Å². The van der Waals surface area contributed by atoms with Crippen LogP contribution in [0.3, 0.4) is 0 Å². The second-order valence-corrected chi connectivity index (χ2v) is 6.37. The molecule has 1 heterocycles. The van der Waals surface area contributed by atoms with Gasteiger partial charge >= 0.3 is 6.03 Å². The number of rotatable bonds is 4. The van der Waals surface area contributed by atoms with Crippen LogP contribution in [-0.4, -0.2) is 54.5 Å². The van der Waals surface area contributed by atoms with Crippen molar-refractivity contribution in [1.82, 2.24) is 15.1 Å². The third kappa shape index (κ3) is 4.10. The molecule has 132 valence electrons. The predicted octanol–water partition coefficient (Wildman–Crippen LogP) is 2.65. The highest BCUT2D eigenvalue weighted by Gasteiger charge is 2.23. The van der Waals surface area contributed by atoms with Gasteiger partial charge in [0.25, 0.3) is 0 Å². The molecule has 5 nitrogen and oxygen atoms in total. The van der Waals surface area contributed by atoms with Crippen molar-refractivity contribution in [1.29, 1.82) is 0 Å². The van der Waals surface area contributed by atoms with Gasteiger partial charge in [-0.1, -0.05) is 42.5 Å². The summed E-state index contributed by atoms with van der Waals surface area (Å²) in [5.41, 5.74) is 1.22. The third-order valence-corrected chi connectivity index (χ3v) is 4.75. The van der Waals surface area contributed by atoms with Crippen LogP contribution >= 0.6 is 0 Å². The smallest absolute Gasteiger partial charge is 0.317 e. The Labute approximate surface area is 148 Å². The Hall–Kier alpha value is -2.56. The molecule has 0 aliphatic carbocycles. The first kappa shape index (κ1) is 17.3. The molecule has 5 heteroatoms. The van der Waals surface area contributed by atoms with E-state index in [1.165, 1.54) is 16.3 Å². The molecule has 0 aromatic heterocycles. The van der Waals surface area contributed by atoms with Gasteiger partial charge in [0.2, 0.25) is 5.91 Å². The second kappa shape index (κ2) is 8.01. The number of nitrogens with one attached hydrogen (secondary N) is 1. The summed E-state index contributed by atoms with van der Waals surface area (Å²) < 4.78 is 0. The van der Waals surface area contributed by atoms with E-state index < -0.39 is 0 Å². The standard InChI is InChI=1S/C20H25N3O2/c1-2-22-13-6-14-23(15-19(22)24)20(25)21-12-11-17-9-5-8-16-7-3-4-10-18(16)17/h3-5,7-10H,2,6,11-15H2,1H3,(H,21,25). The average Bonchev–Trinajstić information content (AvgIpc) is 2.83. The highest BCUT2D eigenvalue weighted by atomic mass is 16.2. The normalized spacial score (nSPS) is 15.3. The van der Waals surface area contributed by atoms with E-state index in [0.717, 1.165) is 19.4 Å². The van der Waals surface area contributed by atoms with Gasteiger partial charge in [-0.25, -0.2) is 4.79 Å². The zero-order valence-electron chi connectivity index (χ0n) is 14.7. The van der Waals surface area contributed by atoms with Crippen molar-refractivity contribution in [3.63, 3.8) is 0 Å². The molecule has 0 saturated carbocycles. The zero-order chi connectivity index (χ0) is 17.6. The number of benzene rings is 2. The fourth-order valence-corrected chi connectivity index (χ4v) is 3.35. The van der Waals surface area contributed by atoms with Gasteiger partial charge in [-0.05, 0) is 36.1 Å². The lowest BCUT2D eigenvalue weighted by atomic mass is 10.0. The van der Waals surface area contributed by atoms with Crippen LogP contribution in [0.15, 0.2) is 42.5 Å². The molecule has 3 rings (SSSR count). The first-order valence-corrected chi connectivity index (χ1v) is 8.96. The van der Waals surface area contributed by atoms with Crippen molar-refractivity contribution in [2.75, 3.05) is 32.7 Å². The fraction of sp³-hybridized carbons (Fsp3) is 0.400. The van der Waals surface area contributed by atoms with Crippen LogP contribution in [0.25, 0.3) is 10.8 Å². The van der Waals surface area contributed by atoms with Crippen molar-refractivity contribution in [3.05, 3.63) is 48.0 Å². The molecule has 1 saturated heterocycles. The van der Waals surface area contributed by atoms with E-state index in [4.69, 9.17) is 0 Å². The van der Waals surface area contributed by atoms with Crippen molar-refractivity contribution in [3.8, 4) is 0 Å². The van der Waals surface area contributed by atoms with E-state index in [1.54, 1.807) is 4.90 Å². The summed E-state index contributed by atoms with van der Waals surface area (Å²) in [6.07, 6.45) is 1.60. The molecule has 0 radical (unpaired) electrons. The lowest BCUT2D eigenvalue weighted by Gasteiger charge is -2.21. The highest BCUT2D eigenvalue weighted by molar-refractivity contribution is 5.86. The number of fused-ring (bicyclic) bond motifs is 1. The summed E-state index contributed by atoms with van der Waals surface area (Å²) in [5, 5.41) is 5.40. The Kier molecular flexibility index (Phi) is 5.53. The van der Waals surface area contributed by atoms with E-state index in [1.807, 2.05) is 30.0 Å². The number of carbonyl (C=O) groups excluding carboxylic acids is 2. The predicted molar refractivity (Wildman–Crippen MR) is 99.5 cm³/mol. The number of nitrogens with zero attached hydrogens (tertiary/aromatic N) is 2. The van der Waals surface area contributed by atoms with E-state index in [9.17, 15) is 9.59 Å². The summed E-state index contributed by atoms with van der Waals surface area (Å²) in [5.74, 6) is 0.0317. The van der Waals surface area contributed by atoms with Gasteiger partial charge in [0.1, 0.15) is 6.54 Å². The summed E-state index contributed by atoms with van der Waals surface area (Å²) in [6.45, 7) is 4.77. The molecule has 0 spiro atoms. The van der Waals surface area contributed by atoms with Crippen molar-refractivity contribution in [2.24, 2.45) is 0 Å². The molecule has 1 aliphatic rings. The number of likely N-dealkylation sites (N-methyl/N-ethyl adjacent to an activating group) is 1. The Balaban J connectivity index is 1.56. The molecular weight excluding hydrogens is 314 g/mol. The lowest BCUT2D eigenvalue weighted by Crippen LogP contribution is -2.44. The average molecular weight is 339 g/mol. The topological polar surface area (TPSA) is 52.6 Å². The Morgan fingerprint density at radius 1 is 1.12 bits per heavy atom. The molecule has 0 atom stereocenters. The van der Waals surface area contributed by atoms with Gasteiger partial charge in [-0.3, -0.25) is 4.79 Å². The molecule has 1 N–H and O–H groups in total. The third-order valence-electron chi connectivity index (χ3n) is 4.75. The van der Waals surface area contributed by atoms with Gasteiger partial charge in [0, 0.05) is 26.2 Å². The van der Waals surface area contributed by atoms with Crippen LogP contribution in [0, 0.1) is 0 Å². The van der Waals surface area contributed by atoms with E-state index in [2.05, 4.69) is 29.6 Å². The number of hydrogen-bond acceptors (Lipinski definition) is 2. The first-order valence-electron chi connectivity index (χ1n) is 8.96. The quantitative estimate of drug-likeness (QED) is 0.931. The first-order chi connectivity index (χ1) is 12.2. The van der Waals surface area contributed by atoms with Gasteiger partial charge < -0.3 is 15.1 Å².